The van der Waals surface area contributed by atoms with Crippen LogP contribution in [0.25, 0.3) is 0 Å². The van der Waals surface area contributed by atoms with Crippen molar-refractivity contribution in [2.75, 3.05) is 0 Å². The van der Waals surface area contributed by atoms with Gasteiger partial charge in [-0.25, -0.2) is 4.79 Å². The number of carbonyl (C=O) groups is 1. The van der Waals surface area contributed by atoms with Gasteiger partial charge in [-0.05, 0) is 27.7 Å². The van der Waals surface area contributed by atoms with Gasteiger partial charge in [-0.1, -0.05) is 6.08 Å². The molecule has 1 amide bonds. The maximum absolute atomic E-state index is 10.8. The Morgan fingerprint density at radius 2 is 2.00 bits per heavy atom. The van der Waals surface area contributed by atoms with Crippen LogP contribution in [0.15, 0.2) is 12.3 Å². The molecule has 0 spiro atoms. The fourth-order valence-corrected chi connectivity index (χ4v) is 0.459. The molecule has 0 aliphatic heterocycles. The zero-order chi connectivity index (χ0) is 8.91. The third-order valence-corrected chi connectivity index (χ3v) is 0.767. The molecule has 0 aromatic carbocycles. The molecule has 3 heteroatoms. The van der Waals surface area contributed by atoms with Gasteiger partial charge in [0.2, 0.25) is 0 Å². The lowest BCUT2D eigenvalue weighted by molar-refractivity contribution is 0.0552. The normalized spacial score (nSPS) is 11.6. The molecule has 11 heavy (non-hydrogen) atoms. The Bertz CT molecular complexity index is 156. The number of hydrogen-bond acceptors (Lipinski definition) is 2. The molecule has 0 fully saturated rings. The lowest BCUT2D eigenvalue weighted by Crippen LogP contribution is -2.29. The summed E-state index contributed by atoms with van der Waals surface area (Å²) in [7, 11) is 0. The van der Waals surface area contributed by atoms with E-state index >= 15 is 0 Å². The van der Waals surface area contributed by atoms with Crippen LogP contribution < -0.4 is 5.32 Å². The van der Waals surface area contributed by atoms with E-state index in [2.05, 4.69) is 5.32 Å². The first kappa shape index (κ1) is 10.0. The molecule has 0 radical (unpaired) electrons. The summed E-state index contributed by atoms with van der Waals surface area (Å²) in [6.07, 6.45) is 2.84. The van der Waals surface area contributed by atoms with Crippen molar-refractivity contribution in [3.8, 4) is 0 Å². The van der Waals surface area contributed by atoms with E-state index in [1.165, 1.54) is 6.20 Å². The zero-order valence-electron chi connectivity index (χ0n) is 7.47. The van der Waals surface area contributed by atoms with E-state index in [-0.39, 0.29) is 0 Å². The maximum atomic E-state index is 10.8. The predicted octanol–water partition coefficient (Wildman–Crippen LogP) is 2.04. The summed E-state index contributed by atoms with van der Waals surface area (Å²) >= 11 is 0. The molecule has 0 unspecified atom stereocenters. The van der Waals surface area contributed by atoms with E-state index in [4.69, 9.17) is 4.74 Å². The molecule has 0 aromatic rings. The average Bonchev–Trinajstić information content (AvgIpc) is 1.79. The Hall–Kier alpha value is -0.990. The van der Waals surface area contributed by atoms with Gasteiger partial charge >= 0.3 is 6.09 Å². The third-order valence-electron chi connectivity index (χ3n) is 0.767. The first-order valence-electron chi connectivity index (χ1n) is 3.56. The van der Waals surface area contributed by atoms with Crippen molar-refractivity contribution < 1.29 is 9.53 Å². The Morgan fingerprint density at radius 3 is 2.36 bits per heavy atom. The second kappa shape index (κ2) is 4.01. The largest absolute Gasteiger partial charge is 0.444 e. The number of allylic oxidation sites excluding steroid dienone is 1. The summed E-state index contributed by atoms with van der Waals surface area (Å²) in [6, 6.07) is 0. The highest BCUT2D eigenvalue weighted by Crippen LogP contribution is 2.05. The summed E-state index contributed by atoms with van der Waals surface area (Å²) in [5, 5.41) is 2.45. The van der Waals surface area contributed by atoms with E-state index in [0.29, 0.717) is 0 Å². The van der Waals surface area contributed by atoms with E-state index in [1.54, 1.807) is 6.08 Å². The van der Waals surface area contributed by atoms with Crippen LogP contribution in [-0.2, 0) is 4.74 Å². The summed E-state index contributed by atoms with van der Waals surface area (Å²) in [6.45, 7) is 7.28. The van der Waals surface area contributed by atoms with Crippen LogP contribution in [0.1, 0.15) is 27.7 Å². The molecule has 0 aromatic heterocycles. The summed E-state index contributed by atoms with van der Waals surface area (Å²) in [4.78, 5) is 10.8. The smallest absolute Gasteiger partial charge is 0.411 e. The topological polar surface area (TPSA) is 38.3 Å². The lowest BCUT2D eigenvalue weighted by atomic mass is 10.2. The molecule has 0 aliphatic rings. The van der Waals surface area contributed by atoms with Crippen molar-refractivity contribution in [2.45, 2.75) is 33.3 Å². The molecule has 0 atom stereocenters. The highest BCUT2D eigenvalue weighted by Gasteiger charge is 2.14. The number of ether oxygens (including phenoxy) is 1. The minimum atomic E-state index is -0.425. The van der Waals surface area contributed by atoms with Gasteiger partial charge in [0, 0.05) is 6.20 Å². The molecular formula is C8H15NO2. The predicted molar refractivity (Wildman–Crippen MR) is 44.2 cm³/mol. The number of hydrogen-bond donors (Lipinski definition) is 1. The SMILES string of the molecule is CC=CNC(=O)OC(C)(C)C. The van der Waals surface area contributed by atoms with Crippen LogP contribution in [0, 0.1) is 0 Å². The van der Waals surface area contributed by atoms with Gasteiger partial charge in [0.25, 0.3) is 0 Å². The summed E-state index contributed by atoms with van der Waals surface area (Å²) < 4.78 is 4.94. The van der Waals surface area contributed by atoms with Crippen LogP contribution >= 0.6 is 0 Å². The molecular weight excluding hydrogens is 142 g/mol. The molecule has 0 aliphatic carbocycles. The van der Waals surface area contributed by atoms with Gasteiger partial charge in [-0.3, -0.25) is 5.32 Å². The summed E-state index contributed by atoms with van der Waals surface area (Å²) in [5.74, 6) is 0. The van der Waals surface area contributed by atoms with Crippen LogP contribution in [0.2, 0.25) is 0 Å². The highest BCUT2D eigenvalue weighted by molar-refractivity contribution is 5.68. The molecule has 3 nitrogen and oxygen atoms in total. The minimum Gasteiger partial charge on any atom is -0.444 e. The second-order valence-corrected chi connectivity index (χ2v) is 3.15. The maximum Gasteiger partial charge on any atom is 0.411 e. The van der Waals surface area contributed by atoms with E-state index in [9.17, 15) is 4.79 Å². The van der Waals surface area contributed by atoms with Gasteiger partial charge in [-0.15, -0.1) is 0 Å². The van der Waals surface area contributed by atoms with Crippen LogP contribution in [-0.4, -0.2) is 11.7 Å². The Labute approximate surface area is 67.4 Å². The van der Waals surface area contributed by atoms with Crippen LogP contribution in [0.4, 0.5) is 4.79 Å². The van der Waals surface area contributed by atoms with Gasteiger partial charge in [0.05, 0.1) is 0 Å². The average molecular weight is 157 g/mol. The van der Waals surface area contributed by atoms with Gasteiger partial charge in [0.1, 0.15) is 5.60 Å². The van der Waals surface area contributed by atoms with E-state index in [0.717, 1.165) is 0 Å². The van der Waals surface area contributed by atoms with Crippen LogP contribution in [0.3, 0.4) is 0 Å². The van der Waals surface area contributed by atoms with Gasteiger partial charge in [0.15, 0.2) is 0 Å². The van der Waals surface area contributed by atoms with E-state index in [1.807, 2.05) is 27.7 Å². The molecule has 0 rings (SSSR count). The Kier molecular flexibility index (Phi) is 3.65. The highest BCUT2D eigenvalue weighted by atomic mass is 16.6. The van der Waals surface area contributed by atoms with Crippen molar-refractivity contribution in [1.82, 2.24) is 5.32 Å². The Morgan fingerprint density at radius 1 is 1.45 bits per heavy atom. The first-order valence-corrected chi connectivity index (χ1v) is 3.56. The Balaban J connectivity index is 3.70. The second-order valence-electron chi connectivity index (χ2n) is 3.15. The quantitative estimate of drug-likeness (QED) is 0.632. The standard InChI is InChI=1S/C8H15NO2/c1-5-6-9-7(10)11-8(2,3)4/h5-6H,1-4H3,(H,9,10). The molecule has 0 saturated heterocycles. The van der Waals surface area contributed by atoms with Crippen molar-refractivity contribution in [2.24, 2.45) is 0 Å². The number of amides is 1. The van der Waals surface area contributed by atoms with E-state index < -0.39 is 11.7 Å². The molecule has 64 valence electrons. The van der Waals surface area contributed by atoms with Crippen molar-refractivity contribution in [1.29, 1.82) is 0 Å². The van der Waals surface area contributed by atoms with Crippen molar-refractivity contribution in [3.05, 3.63) is 12.3 Å². The molecule has 0 bridgehead atoms. The van der Waals surface area contributed by atoms with Gasteiger partial charge < -0.3 is 4.74 Å². The fraction of sp³-hybridized carbons (Fsp3) is 0.625. The first-order chi connectivity index (χ1) is 4.95. The third kappa shape index (κ3) is 6.90. The van der Waals surface area contributed by atoms with Crippen molar-refractivity contribution in [3.63, 3.8) is 0 Å². The van der Waals surface area contributed by atoms with Crippen LogP contribution in [0.5, 0.6) is 0 Å². The van der Waals surface area contributed by atoms with Crippen molar-refractivity contribution >= 4 is 6.09 Å². The monoisotopic (exact) mass is 157 g/mol. The molecule has 1 N–H and O–H groups in total. The summed E-state index contributed by atoms with van der Waals surface area (Å²) in [5.41, 5.74) is -0.425. The number of carbonyl (C=O) groups excluding carboxylic acids is 1. The number of nitrogens with one attached hydrogen (secondary N) is 1. The lowest BCUT2D eigenvalue weighted by Gasteiger charge is -2.18. The fourth-order valence-electron chi connectivity index (χ4n) is 0.459. The molecule has 0 heterocycles. The number of rotatable bonds is 1. The minimum absolute atomic E-state index is 0.421. The zero-order valence-corrected chi connectivity index (χ0v) is 7.47. The molecule has 0 saturated carbocycles. The van der Waals surface area contributed by atoms with Gasteiger partial charge in [-0.2, -0.15) is 0 Å². The number of alkyl carbamates (subject to hydrolysis) is 1.